The number of hydrogen-bond donors (Lipinski definition) is 1. The predicted octanol–water partition coefficient (Wildman–Crippen LogP) is 3.30. The van der Waals surface area contributed by atoms with Gasteiger partial charge in [0.2, 0.25) is 5.91 Å². The summed E-state index contributed by atoms with van der Waals surface area (Å²) in [5, 5.41) is 7.51. The monoisotopic (exact) mass is 378 g/mol. The van der Waals surface area contributed by atoms with E-state index in [-0.39, 0.29) is 11.8 Å². The third-order valence-corrected chi connectivity index (χ3v) is 5.38. The highest BCUT2D eigenvalue weighted by molar-refractivity contribution is 5.78. The fourth-order valence-electron chi connectivity index (χ4n) is 3.71. The number of hydrogen-bond acceptors (Lipinski definition) is 4. The van der Waals surface area contributed by atoms with Gasteiger partial charge in [-0.2, -0.15) is 5.10 Å². The molecule has 4 rings (SSSR count). The van der Waals surface area contributed by atoms with Gasteiger partial charge in [0, 0.05) is 24.2 Å². The molecule has 3 heterocycles. The molecule has 1 aliphatic heterocycles. The molecule has 1 fully saturated rings. The van der Waals surface area contributed by atoms with Crippen LogP contribution in [-0.4, -0.2) is 33.7 Å². The lowest BCUT2D eigenvalue weighted by atomic mass is 9.96. The van der Waals surface area contributed by atoms with Gasteiger partial charge in [0.15, 0.2) is 0 Å². The third-order valence-electron chi connectivity index (χ3n) is 5.38. The quantitative estimate of drug-likeness (QED) is 0.715. The maximum Gasteiger partial charge on any atom is 0.223 e. The van der Waals surface area contributed by atoms with Gasteiger partial charge >= 0.3 is 0 Å². The second kappa shape index (κ2) is 8.44. The van der Waals surface area contributed by atoms with Crippen LogP contribution in [0.15, 0.2) is 59.5 Å². The Morgan fingerprint density at radius 1 is 1.21 bits per heavy atom. The van der Waals surface area contributed by atoms with E-state index in [0.29, 0.717) is 6.54 Å². The summed E-state index contributed by atoms with van der Waals surface area (Å²) < 4.78 is 7.28. The molecule has 2 aromatic heterocycles. The van der Waals surface area contributed by atoms with E-state index in [4.69, 9.17) is 4.42 Å². The summed E-state index contributed by atoms with van der Waals surface area (Å²) in [6, 6.07) is 12.0. The van der Waals surface area contributed by atoms with E-state index in [0.717, 1.165) is 49.5 Å². The van der Waals surface area contributed by atoms with Crippen LogP contribution in [0.2, 0.25) is 0 Å². The van der Waals surface area contributed by atoms with Crippen molar-refractivity contribution in [3.8, 4) is 5.69 Å². The topological polar surface area (TPSA) is 63.3 Å². The van der Waals surface area contributed by atoms with E-state index in [9.17, 15) is 4.79 Å². The van der Waals surface area contributed by atoms with Crippen molar-refractivity contribution in [3.05, 3.63) is 71.9 Å². The highest BCUT2D eigenvalue weighted by atomic mass is 16.3. The SMILES string of the molecule is Cc1ccccc1-n1cc(CNC(=O)C2CCN(Cc3ccco3)CC2)cn1. The minimum absolute atomic E-state index is 0.0827. The molecular weight excluding hydrogens is 352 g/mol. The van der Waals surface area contributed by atoms with Gasteiger partial charge in [0.05, 0.1) is 24.7 Å². The van der Waals surface area contributed by atoms with Crippen LogP contribution >= 0.6 is 0 Å². The molecule has 0 unspecified atom stereocenters. The van der Waals surface area contributed by atoms with Crippen molar-refractivity contribution in [1.82, 2.24) is 20.0 Å². The average molecular weight is 378 g/mol. The van der Waals surface area contributed by atoms with Crippen molar-refractivity contribution in [1.29, 1.82) is 0 Å². The lowest BCUT2D eigenvalue weighted by Crippen LogP contribution is -2.39. The Morgan fingerprint density at radius 3 is 2.79 bits per heavy atom. The molecule has 3 aromatic rings. The largest absolute Gasteiger partial charge is 0.468 e. The number of piperidine rings is 1. The molecule has 6 nitrogen and oxygen atoms in total. The van der Waals surface area contributed by atoms with E-state index in [2.05, 4.69) is 28.3 Å². The van der Waals surface area contributed by atoms with Crippen LogP contribution in [0.1, 0.15) is 29.7 Å². The van der Waals surface area contributed by atoms with Crippen molar-refractivity contribution < 1.29 is 9.21 Å². The Morgan fingerprint density at radius 2 is 2.04 bits per heavy atom. The molecule has 28 heavy (non-hydrogen) atoms. The van der Waals surface area contributed by atoms with Crippen molar-refractivity contribution in [2.45, 2.75) is 32.9 Å². The number of likely N-dealkylation sites (tertiary alicyclic amines) is 1. The number of nitrogens with one attached hydrogen (secondary N) is 1. The fourth-order valence-corrected chi connectivity index (χ4v) is 3.71. The second-order valence-electron chi connectivity index (χ2n) is 7.43. The molecule has 1 aliphatic rings. The van der Waals surface area contributed by atoms with E-state index < -0.39 is 0 Å². The maximum absolute atomic E-state index is 12.6. The number of nitrogens with zero attached hydrogens (tertiary/aromatic N) is 3. The molecule has 0 bridgehead atoms. The number of para-hydroxylation sites is 1. The molecule has 146 valence electrons. The smallest absolute Gasteiger partial charge is 0.223 e. The zero-order chi connectivity index (χ0) is 19.3. The van der Waals surface area contributed by atoms with Gasteiger partial charge in [-0.05, 0) is 56.6 Å². The van der Waals surface area contributed by atoms with Gasteiger partial charge in [0.25, 0.3) is 0 Å². The Balaban J connectivity index is 1.26. The molecule has 0 radical (unpaired) electrons. The number of carbonyl (C=O) groups excluding carboxylic acids is 1. The van der Waals surface area contributed by atoms with Gasteiger partial charge < -0.3 is 9.73 Å². The number of benzene rings is 1. The van der Waals surface area contributed by atoms with E-state index in [1.54, 1.807) is 6.26 Å². The Hall–Kier alpha value is -2.86. The Bertz CT molecular complexity index is 908. The average Bonchev–Trinajstić information content (AvgIpc) is 3.39. The highest BCUT2D eigenvalue weighted by Crippen LogP contribution is 2.20. The summed E-state index contributed by atoms with van der Waals surface area (Å²) in [6.45, 7) is 5.24. The molecule has 0 aliphatic carbocycles. The normalized spacial score (nSPS) is 15.6. The standard InChI is InChI=1S/C22H26N4O2/c1-17-5-2-3-7-21(17)26-15-18(14-24-26)13-23-22(27)19-8-10-25(11-9-19)16-20-6-4-12-28-20/h2-7,12,14-15,19H,8-11,13,16H2,1H3,(H,23,27). The third kappa shape index (κ3) is 4.34. The van der Waals surface area contributed by atoms with Crippen LogP contribution in [0.3, 0.4) is 0 Å². The first-order valence-electron chi connectivity index (χ1n) is 9.81. The molecule has 0 atom stereocenters. The van der Waals surface area contributed by atoms with Crippen LogP contribution in [-0.2, 0) is 17.9 Å². The Kier molecular flexibility index (Phi) is 5.58. The van der Waals surface area contributed by atoms with E-state index in [1.165, 1.54) is 5.56 Å². The van der Waals surface area contributed by atoms with E-state index >= 15 is 0 Å². The van der Waals surface area contributed by atoms with Gasteiger partial charge in [-0.15, -0.1) is 0 Å². The number of aryl methyl sites for hydroxylation is 1. The summed E-state index contributed by atoms with van der Waals surface area (Å²) in [4.78, 5) is 14.9. The lowest BCUT2D eigenvalue weighted by Gasteiger charge is -2.30. The zero-order valence-corrected chi connectivity index (χ0v) is 16.2. The van der Waals surface area contributed by atoms with Crippen molar-refractivity contribution in [2.75, 3.05) is 13.1 Å². The van der Waals surface area contributed by atoms with Crippen molar-refractivity contribution in [2.24, 2.45) is 5.92 Å². The van der Waals surface area contributed by atoms with Crippen LogP contribution < -0.4 is 5.32 Å². The molecule has 0 saturated carbocycles. The summed E-state index contributed by atoms with van der Waals surface area (Å²) in [5.74, 6) is 1.20. The molecule has 0 spiro atoms. The van der Waals surface area contributed by atoms with Gasteiger partial charge in [-0.1, -0.05) is 18.2 Å². The predicted molar refractivity (Wildman–Crippen MR) is 107 cm³/mol. The van der Waals surface area contributed by atoms with Crippen LogP contribution in [0.5, 0.6) is 0 Å². The minimum Gasteiger partial charge on any atom is -0.468 e. The number of carbonyl (C=O) groups is 1. The maximum atomic E-state index is 12.6. The first-order chi connectivity index (χ1) is 13.7. The second-order valence-corrected chi connectivity index (χ2v) is 7.43. The lowest BCUT2D eigenvalue weighted by molar-refractivity contribution is -0.126. The van der Waals surface area contributed by atoms with Crippen molar-refractivity contribution >= 4 is 5.91 Å². The zero-order valence-electron chi connectivity index (χ0n) is 16.2. The molecular formula is C22H26N4O2. The van der Waals surface area contributed by atoms with Crippen LogP contribution in [0.25, 0.3) is 5.69 Å². The summed E-state index contributed by atoms with van der Waals surface area (Å²) in [6.07, 6.45) is 7.27. The van der Waals surface area contributed by atoms with Crippen LogP contribution in [0.4, 0.5) is 0 Å². The van der Waals surface area contributed by atoms with Crippen molar-refractivity contribution in [3.63, 3.8) is 0 Å². The fraction of sp³-hybridized carbons (Fsp3) is 0.364. The highest BCUT2D eigenvalue weighted by Gasteiger charge is 2.25. The van der Waals surface area contributed by atoms with Crippen LogP contribution in [0, 0.1) is 12.8 Å². The number of rotatable bonds is 6. The first-order valence-corrected chi connectivity index (χ1v) is 9.81. The van der Waals surface area contributed by atoms with Gasteiger partial charge in [-0.25, -0.2) is 4.68 Å². The number of aromatic nitrogens is 2. The molecule has 1 saturated heterocycles. The van der Waals surface area contributed by atoms with Gasteiger partial charge in [0.1, 0.15) is 5.76 Å². The summed E-state index contributed by atoms with van der Waals surface area (Å²) in [5.41, 5.74) is 3.23. The minimum atomic E-state index is 0.0827. The first kappa shape index (κ1) is 18.5. The van der Waals surface area contributed by atoms with Gasteiger partial charge in [-0.3, -0.25) is 9.69 Å². The molecule has 6 heteroatoms. The summed E-state index contributed by atoms with van der Waals surface area (Å²) in [7, 11) is 0. The Labute approximate surface area is 165 Å². The van der Waals surface area contributed by atoms with E-state index in [1.807, 2.05) is 47.4 Å². The molecule has 1 amide bonds. The molecule has 1 aromatic carbocycles. The summed E-state index contributed by atoms with van der Waals surface area (Å²) >= 11 is 0. The number of amides is 1. The molecule has 1 N–H and O–H groups in total. The number of furan rings is 1.